The van der Waals surface area contributed by atoms with Crippen molar-refractivity contribution in [3.63, 3.8) is 0 Å². The molecule has 2 N–H and O–H groups in total. The van der Waals surface area contributed by atoms with Crippen molar-refractivity contribution >= 4 is 27.3 Å². The van der Waals surface area contributed by atoms with Gasteiger partial charge in [0, 0.05) is 24.2 Å². The molecule has 1 rings (SSSR count). The van der Waals surface area contributed by atoms with Gasteiger partial charge in [0.1, 0.15) is 0 Å². The number of nitrogen functional groups attached to an aromatic ring is 1. The third-order valence-electron chi connectivity index (χ3n) is 2.46. The van der Waals surface area contributed by atoms with Crippen LogP contribution in [0.4, 0.5) is 11.4 Å². The SMILES string of the molecule is COCCN(c1ccc(Br)cc1N)C(C)C. The van der Waals surface area contributed by atoms with Crippen LogP contribution in [-0.4, -0.2) is 26.3 Å². The smallest absolute Gasteiger partial charge is 0.0637 e. The molecule has 4 heteroatoms. The summed E-state index contributed by atoms with van der Waals surface area (Å²) < 4.78 is 6.12. The summed E-state index contributed by atoms with van der Waals surface area (Å²) in [5, 5.41) is 0. The number of nitrogens with two attached hydrogens (primary N) is 1. The third-order valence-corrected chi connectivity index (χ3v) is 2.95. The first kappa shape index (κ1) is 13.3. The Morgan fingerprint density at radius 1 is 1.44 bits per heavy atom. The molecule has 0 heterocycles. The summed E-state index contributed by atoms with van der Waals surface area (Å²) in [5.74, 6) is 0. The number of anilines is 2. The average Bonchev–Trinajstić information content (AvgIpc) is 2.20. The van der Waals surface area contributed by atoms with Gasteiger partial charge in [0.2, 0.25) is 0 Å². The van der Waals surface area contributed by atoms with Gasteiger partial charge >= 0.3 is 0 Å². The van der Waals surface area contributed by atoms with E-state index in [4.69, 9.17) is 10.5 Å². The molecule has 0 saturated carbocycles. The summed E-state index contributed by atoms with van der Waals surface area (Å²) in [7, 11) is 1.71. The van der Waals surface area contributed by atoms with Crippen LogP contribution in [0.5, 0.6) is 0 Å². The van der Waals surface area contributed by atoms with Crippen molar-refractivity contribution in [2.24, 2.45) is 0 Å². The van der Waals surface area contributed by atoms with Gasteiger partial charge in [0.25, 0.3) is 0 Å². The van der Waals surface area contributed by atoms with Crippen molar-refractivity contribution in [3.05, 3.63) is 22.7 Å². The number of ether oxygens (including phenoxy) is 1. The average molecular weight is 287 g/mol. The van der Waals surface area contributed by atoms with E-state index in [1.54, 1.807) is 7.11 Å². The van der Waals surface area contributed by atoms with E-state index in [0.717, 1.165) is 22.4 Å². The summed E-state index contributed by atoms with van der Waals surface area (Å²) in [5.41, 5.74) is 7.88. The molecule has 0 aliphatic heterocycles. The normalized spacial score (nSPS) is 10.8. The fourth-order valence-corrected chi connectivity index (χ4v) is 2.01. The van der Waals surface area contributed by atoms with Gasteiger partial charge in [0.15, 0.2) is 0 Å². The van der Waals surface area contributed by atoms with E-state index in [1.165, 1.54) is 0 Å². The standard InChI is InChI=1S/C12H19BrN2O/c1-9(2)15(6-7-16-3)12-5-4-10(13)8-11(12)14/h4-5,8-9H,6-7,14H2,1-3H3. The second kappa shape index (κ2) is 6.11. The molecule has 0 saturated heterocycles. The predicted octanol–water partition coefficient (Wildman–Crippen LogP) is 2.89. The third kappa shape index (κ3) is 3.39. The number of rotatable bonds is 5. The van der Waals surface area contributed by atoms with Gasteiger partial charge < -0.3 is 15.4 Å². The summed E-state index contributed by atoms with van der Waals surface area (Å²) in [6.45, 7) is 5.85. The number of nitrogens with zero attached hydrogens (tertiary/aromatic N) is 1. The Bertz CT molecular complexity index is 342. The second-order valence-corrected chi connectivity index (χ2v) is 4.90. The van der Waals surface area contributed by atoms with Gasteiger partial charge in [0.05, 0.1) is 18.0 Å². The molecular weight excluding hydrogens is 268 g/mol. The second-order valence-electron chi connectivity index (χ2n) is 3.98. The van der Waals surface area contributed by atoms with Gasteiger partial charge in [-0.05, 0) is 32.0 Å². The molecular formula is C12H19BrN2O. The van der Waals surface area contributed by atoms with Crippen LogP contribution in [0.15, 0.2) is 22.7 Å². The van der Waals surface area contributed by atoms with Crippen LogP contribution in [0.2, 0.25) is 0 Å². The largest absolute Gasteiger partial charge is 0.397 e. The molecule has 0 atom stereocenters. The van der Waals surface area contributed by atoms with Crippen LogP contribution >= 0.6 is 15.9 Å². The first-order valence-corrected chi connectivity index (χ1v) is 6.16. The summed E-state index contributed by atoms with van der Waals surface area (Å²) >= 11 is 3.41. The number of hydrogen-bond acceptors (Lipinski definition) is 3. The van der Waals surface area contributed by atoms with Gasteiger partial charge in [-0.2, -0.15) is 0 Å². The minimum absolute atomic E-state index is 0.402. The molecule has 1 aromatic carbocycles. The van der Waals surface area contributed by atoms with E-state index in [-0.39, 0.29) is 0 Å². The lowest BCUT2D eigenvalue weighted by Gasteiger charge is -2.30. The van der Waals surface area contributed by atoms with Crippen LogP contribution in [0.25, 0.3) is 0 Å². The molecule has 90 valence electrons. The quantitative estimate of drug-likeness (QED) is 0.846. The predicted molar refractivity (Wildman–Crippen MR) is 72.9 cm³/mol. The van der Waals surface area contributed by atoms with Gasteiger partial charge in [-0.15, -0.1) is 0 Å². The fourth-order valence-electron chi connectivity index (χ4n) is 1.63. The molecule has 0 bridgehead atoms. The lowest BCUT2D eigenvalue weighted by atomic mass is 10.2. The van der Waals surface area contributed by atoms with E-state index in [0.29, 0.717) is 12.6 Å². The van der Waals surface area contributed by atoms with E-state index in [2.05, 4.69) is 34.7 Å². The molecule has 0 radical (unpaired) electrons. The molecule has 3 nitrogen and oxygen atoms in total. The Kier molecular flexibility index (Phi) is 5.09. The van der Waals surface area contributed by atoms with Crippen LogP contribution in [-0.2, 0) is 4.74 Å². The summed E-state index contributed by atoms with van der Waals surface area (Å²) in [4.78, 5) is 2.24. The molecule has 0 unspecified atom stereocenters. The first-order chi connectivity index (χ1) is 7.56. The highest BCUT2D eigenvalue weighted by Crippen LogP contribution is 2.27. The van der Waals surface area contributed by atoms with Gasteiger partial charge in [-0.1, -0.05) is 15.9 Å². The maximum Gasteiger partial charge on any atom is 0.0637 e. The van der Waals surface area contributed by atoms with Gasteiger partial charge in [-0.25, -0.2) is 0 Å². The zero-order chi connectivity index (χ0) is 12.1. The lowest BCUT2D eigenvalue weighted by molar-refractivity contribution is 0.204. The minimum Gasteiger partial charge on any atom is -0.397 e. The summed E-state index contributed by atoms with van der Waals surface area (Å²) in [6.07, 6.45) is 0. The number of benzene rings is 1. The zero-order valence-electron chi connectivity index (χ0n) is 10.0. The van der Waals surface area contributed by atoms with Crippen molar-refractivity contribution in [3.8, 4) is 0 Å². The van der Waals surface area contributed by atoms with Crippen molar-refractivity contribution < 1.29 is 4.74 Å². The molecule has 16 heavy (non-hydrogen) atoms. The van der Waals surface area contributed by atoms with Crippen molar-refractivity contribution in [1.82, 2.24) is 0 Å². The Morgan fingerprint density at radius 2 is 2.12 bits per heavy atom. The molecule has 1 aromatic rings. The maximum absolute atomic E-state index is 6.02. The van der Waals surface area contributed by atoms with Crippen LogP contribution in [0.1, 0.15) is 13.8 Å². The Labute approximate surface area is 106 Å². The molecule has 0 fully saturated rings. The number of methoxy groups -OCH3 is 1. The Morgan fingerprint density at radius 3 is 2.62 bits per heavy atom. The van der Waals surface area contributed by atoms with E-state index in [9.17, 15) is 0 Å². The highest BCUT2D eigenvalue weighted by Gasteiger charge is 2.12. The van der Waals surface area contributed by atoms with Crippen molar-refractivity contribution in [2.45, 2.75) is 19.9 Å². The van der Waals surface area contributed by atoms with Crippen LogP contribution in [0, 0.1) is 0 Å². The lowest BCUT2D eigenvalue weighted by Crippen LogP contribution is -2.34. The molecule has 0 amide bonds. The minimum atomic E-state index is 0.402. The first-order valence-electron chi connectivity index (χ1n) is 5.37. The Balaban J connectivity index is 2.92. The number of hydrogen-bond donors (Lipinski definition) is 1. The highest BCUT2D eigenvalue weighted by molar-refractivity contribution is 9.10. The van der Waals surface area contributed by atoms with Crippen molar-refractivity contribution in [1.29, 1.82) is 0 Å². The van der Waals surface area contributed by atoms with E-state index < -0.39 is 0 Å². The van der Waals surface area contributed by atoms with Crippen molar-refractivity contribution in [2.75, 3.05) is 30.9 Å². The number of halogens is 1. The van der Waals surface area contributed by atoms with E-state index >= 15 is 0 Å². The van der Waals surface area contributed by atoms with Crippen LogP contribution < -0.4 is 10.6 Å². The van der Waals surface area contributed by atoms with E-state index in [1.807, 2.05) is 18.2 Å². The molecule has 0 aliphatic carbocycles. The highest BCUT2D eigenvalue weighted by atomic mass is 79.9. The van der Waals surface area contributed by atoms with Gasteiger partial charge in [-0.3, -0.25) is 0 Å². The Hall–Kier alpha value is -0.740. The zero-order valence-corrected chi connectivity index (χ0v) is 11.6. The molecule has 0 aromatic heterocycles. The monoisotopic (exact) mass is 286 g/mol. The summed E-state index contributed by atoms with van der Waals surface area (Å²) in [6, 6.07) is 6.37. The topological polar surface area (TPSA) is 38.5 Å². The maximum atomic E-state index is 6.02. The molecule has 0 aliphatic rings. The fraction of sp³-hybridized carbons (Fsp3) is 0.500. The van der Waals surface area contributed by atoms with Crippen LogP contribution in [0.3, 0.4) is 0 Å². The molecule has 0 spiro atoms.